The summed E-state index contributed by atoms with van der Waals surface area (Å²) in [6, 6.07) is 11.7. The number of carbonyl (C=O) groups excluding carboxylic acids is 2. The Balaban J connectivity index is 1.42. The quantitative estimate of drug-likeness (QED) is 0.849. The molecule has 1 aromatic carbocycles. The highest BCUT2D eigenvalue weighted by Crippen LogP contribution is 2.13. The van der Waals surface area contributed by atoms with Gasteiger partial charge in [-0.2, -0.15) is 0 Å². The number of carbonyl (C=O) groups is 2. The maximum absolute atomic E-state index is 12.5. The van der Waals surface area contributed by atoms with Crippen LogP contribution in [0, 0.1) is 6.92 Å². The van der Waals surface area contributed by atoms with E-state index in [1.165, 1.54) is 17.4 Å². The second-order valence-electron chi connectivity index (χ2n) is 6.92. The molecule has 144 valence electrons. The summed E-state index contributed by atoms with van der Waals surface area (Å²) in [4.78, 5) is 28.6. The molecule has 6 nitrogen and oxygen atoms in total. The molecule has 2 aromatic rings. The third-order valence-corrected chi connectivity index (χ3v) is 4.97. The highest BCUT2D eigenvalue weighted by Gasteiger charge is 2.19. The first-order valence-corrected chi connectivity index (χ1v) is 9.50. The van der Waals surface area contributed by atoms with E-state index in [-0.39, 0.29) is 17.6 Å². The lowest BCUT2D eigenvalue weighted by atomic mass is 10.1. The van der Waals surface area contributed by atoms with E-state index in [2.05, 4.69) is 41.4 Å². The molecule has 0 atom stereocenters. The molecule has 27 heavy (non-hydrogen) atoms. The van der Waals surface area contributed by atoms with Crippen LogP contribution in [-0.4, -0.2) is 54.3 Å². The van der Waals surface area contributed by atoms with Crippen molar-refractivity contribution in [2.45, 2.75) is 26.3 Å². The molecule has 3 rings (SSSR count). The number of nitrogens with one attached hydrogen (secondary N) is 1. The minimum atomic E-state index is -0.284. The largest absolute Gasteiger partial charge is 0.459 e. The molecule has 1 saturated heterocycles. The summed E-state index contributed by atoms with van der Waals surface area (Å²) < 4.78 is 5.04. The predicted molar refractivity (Wildman–Crippen MR) is 103 cm³/mol. The van der Waals surface area contributed by atoms with Crippen molar-refractivity contribution in [2.24, 2.45) is 0 Å². The van der Waals surface area contributed by atoms with E-state index in [1.54, 1.807) is 12.1 Å². The molecule has 1 fully saturated rings. The maximum Gasteiger partial charge on any atom is 0.286 e. The van der Waals surface area contributed by atoms with Crippen LogP contribution in [0.15, 0.2) is 47.1 Å². The number of nitrogens with zero attached hydrogens (tertiary/aromatic N) is 2. The Morgan fingerprint density at radius 1 is 1.07 bits per heavy atom. The number of furan rings is 1. The molecule has 0 aliphatic carbocycles. The van der Waals surface area contributed by atoms with E-state index in [1.807, 2.05) is 4.90 Å². The first-order chi connectivity index (χ1) is 13.1. The van der Waals surface area contributed by atoms with E-state index >= 15 is 0 Å². The first kappa shape index (κ1) is 19.2. The number of hydrogen-bond acceptors (Lipinski definition) is 4. The minimum Gasteiger partial charge on any atom is -0.459 e. The SMILES string of the molecule is Cc1ccccc1CN1CCCN(C(=O)CCNC(=O)c2ccco2)CC1. The molecule has 0 bridgehead atoms. The van der Waals surface area contributed by atoms with Crippen molar-refractivity contribution in [3.63, 3.8) is 0 Å². The van der Waals surface area contributed by atoms with Crippen molar-refractivity contribution >= 4 is 11.8 Å². The molecular formula is C21H27N3O3. The first-order valence-electron chi connectivity index (χ1n) is 9.50. The molecular weight excluding hydrogens is 342 g/mol. The van der Waals surface area contributed by atoms with Crippen LogP contribution in [0.4, 0.5) is 0 Å². The molecule has 2 heterocycles. The maximum atomic E-state index is 12.5. The Bertz CT molecular complexity index is 758. The summed E-state index contributed by atoms with van der Waals surface area (Å²) >= 11 is 0. The Labute approximate surface area is 160 Å². The van der Waals surface area contributed by atoms with Crippen LogP contribution in [0.25, 0.3) is 0 Å². The molecule has 0 saturated carbocycles. The molecule has 0 radical (unpaired) electrons. The zero-order chi connectivity index (χ0) is 19.1. The highest BCUT2D eigenvalue weighted by atomic mass is 16.3. The topological polar surface area (TPSA) is 65.8 Å². The summed E-state index contributed by atoms with van der Waals surface area (Å²) in [5, 5.41) is 2.73. The summed E-state index contributed by atoms with van der Waals surface area (Å²) in [5.41, 5.74) is 2.65. The van der Waals surface area contributed by atoms with Crippen LogP contribution < -0.4 is 5.32 Å². The van der Waals surface area contributed by atoms with Gasteiger partial charge in [-0.3, -0.25) is 14.5 Å². The fraction of sp³-hybridized carbons (Fsp3) is 0.429. The summed E-state index contributed by atoms with van der Waals surface area (Å²) in [6.07, 6.45) is 2.74. The zero-order valence-corrected chi connectivity index (χ0v) is 15.8. The van der Waals surface area contributed by atoms with Crippen LogP contribution in [0.3, 0.4) is 0 Å². The lowest BCUT2D eigenvalue weighted by Crippen LogP contribution is -2.37. The van der Waals surface area contributed by atoms with Crippen molar-refractivity contribution in [1.82, 2.24) is 15.1 Å². The molecule has 6 heteroatoms. The number of amides is 2. The van der Waals surface area contributed by atoms with Crippen LogP contribution in [0.5, 0.6) is 0 Å². The van der Waals surface area contributed by atoms with Gasteiger partial charge in [0, 0.05) is 45.7 Å². The number of rotatable bonds is 6. The lowest BCUT2D eigenvalue weighted by molar-refractivity contribution is -0.130. The van der Waals surface area contributed by atoms with E-state index in [0.29, 0.717) is 13.0 Å². The van der Waals surface area contributed by atoms with Gasteiger partial charge in [-0.25, -0.2) is 0 Å². The van der Waals surface area contributed by atoms with Crippen molar-refractivity contribution < 1.29 is 14.0 Å². The van der Waals surface area contributed by atoms with Crippen molar-refractivity contribution in [3.8, 4) is 0 Å². The molecule has 1 aromatic heterocycles. The Morgan fingerprint density at radius 3 is 2.70 bits per heavy atom. The summed E-state index contributed by atoms with van der Waals surface area (Å²) in [7, 11) is 0. The Morgan fingerprint density at radius 2 is 1.93 bits per heavy atom. The fourth-order valence-electron chi connectivity index (χ4n) is 3.34. The van der Waals surface area contributed by atoms with E-state index in [9.17, 15) is 9.59 Å². The standard InChI is InChI=1S/C21H27N3O3/c1-17-6-2-3-7-18(17)16-23-11-5-12-24(14-13-23)20(25)9-10-22-21(26)19-8-4-15-27-19/h2-4,6-8,15H,5,9-14,16H2,1H3,(H,22,26). The molecule has 1 aliphatic rings. The van der Waals surface area contributed by atoms with Gasteiger partial charge in [0.1, 0.15) is 0 Å². The van der Waals surface area contributed by atoms with Crippen LogP contribution in [0.2, 0.25) is 0 Å². The van der Waals surface area contributed by atoms with Crippen LogP contribution >= 0.6 is 0 Å². The van der Waals surface area contributed by atoms with Gasteiger partial charge in [-0.15, -0.1) is 0 Å². The normalized spacial score (nSPS) is 15.4. The lowest BCUT2D eigenvalue weighted by Gasteiger charge is -2.22. The third-order valence-electron chi connectivity index (χ3n) is 4.97. The molecule has 0 spiro atoms. The average Bonchev–Trinajstić information content (AvgIpc) is 3.10. The zero-order valence-electron chi connectivity index (χ0n) is 15.8. The third kappa shape index (κ3) is 5.44. The van der Waals surface area contributed by atoms with Gasteiger partial charge < -0.3 is 14.6 Å². The van der Waals surface area contributed by atoms with Crippen LogP contribution in [0.1, 0.15) is 34.5 Å². The van der Waals surface area contributed by atoms with Gasteiger partial charge in [-0.05, 0) is 36.6 Å². The molecule has 2 amide bonds. The minimum absolute atomic E-state index is 0.0903. The molecule has 1 N–H and O–H groups in total. The van der Waals surface area contributed by atoms with Gasteiger partial charge >= 0.3 is 0 Å². The second kappa shape index (κ2) is 9.37. The smallest absolute Gasteiger partial charge is 0.286 e. The fourth-order valence-corrected chi connectivity index (χ4v) is 3.34. The van der Waals surface area contributed by atoms with Gasteiger partial charge in [-0.1, -0.05) is 24.3 Å². The van der Waals surface area contributed by atoms with Crippen molar-refractivity contribution in [1.29, 1.82) is 0 Å². The monoisotopic (exact) mass is 369 g/mol. The summed E-state index contributed by atoms with van der Waals surface area (Å²) in [6.45, 7) is 6.76. The van der Waals surface area contributed by atoms with Gasteiger partial charge in [0.05, 0.1) is 6.26 Å². The molecule has 1 aliphatic heterocycles. The number of aryl methyl sites for hydroxylation is 1. The van der Waals surface area contributed by atoms with Crippen molar-refractivity contribution in [3.05, 3.63) is 59.5 Å². The van der Waals surface area contributed by atoms with E-state index in [0.717, 1.165) is 39.1 Å². The average molecular weight is 369 g/mol. The number of benzene rings is 1. The van der Waals surface area contributed by atoms with E-state index < -0.39 is 0 Å². The highest BCUT2D eigenvalue weighted by molar-refractivity contribution is 5.91. The van der Waals surface area contributed by atoms with Gasteiger partial charge in [0.15, 0.2) is 5.76 Å². The van der Waals surface area contributed by atoms with Gasteiger partial charge in [0.25, 0.3) is 5.91 Å². The van der Waals surface area contributed by atoms with E-state index in [4.69, 9.17) is 4.42 Å². The number of hydrogen-bond donors (Lipinski definition) is 1. The van der Waals surface area contributed by atoms with Crippen molar-refractivity contribution in [2.75, 3.05) is 32.7 Å². The second-order valence-corrected chi connectivity index (χ2v) is 6.92. The van der Waals surface area contributed by atoms with Crippen LogP contribution in [-0.2, 0) is 11.3 Å². The molecule has 0 unspecified atom stereocenters. The summed E-state index contributed by atoms with van der Waals surface area (Å²) in [5.74, 6) is 0.0737. The van der Waals surface area contributed by atoms with Gasteiger partial charge in [0.2, 0.25) is 5.91 Å². The predicted octanol–water partition coefficient (Wildman–Crippen LogP) is 2.44. The Kier molecular flexibility index (Phi) is 6.65. The Hall–Kier alpha value is -2.60.